The number of aryl methyl sites for hydroxylation is 2. The van der Waals surface area contributed by atoms with Gasteiger partial charge in [-0.2, -0.15) is 0 Å². The average Bonchev–Trinajstić information content (AvgIpc) is 2.38. The number of aromatic nitrogens is 1. The van der Waals surface area contributed by atoms with Crippen LogP contribution in [0.4, 0.5) is 5.69 Å². The molecule has 3 rings (SSSR count). The lowest BCUT2D eigenvalue weighted by molar-refractivity contribution is 1.39. The number of nitrogens with two attached hydrogens (primary N) is 1. The zero-order valence-electron chi connectivity index (χ0n) is 11.1. The summed E-state index contributed by atoms with van der Waals surface area (Å²) in [6.07, 6.45) is 1.82. The minimum Gasteiger partial charge on any atom is -0.398 e. The number of benzene rings is 2. The van der Waals surface area contributed by atoms with Crippen LogP contribution in [0.2, 0.25) is 0 Å². The number of rotatable bonds is 1. The predicted octanol–water partition coefficient (Wildman–Crippen LogP) is 4.10. The molecule has 0 fully saturated rings. The fourth-order valence-electron chi connectivity index (χ4n) is 2.47. The van der Waals surface area contributed by atoms with Gasteiger partial charge in [-0.1, -0.05) is 18.2 Å². The molecule has 2 heteroatoms. The molecule has 19 heavy (non-hydrogen) atoms. The summed E-state index contributed by atoms with van der Waals surface area (Å²) in [5.41, 5.74) is 12.5. The Hall–Kier alpha value is -2.35. The van der Waals surface area contributed by atoms with Crippen molar-refractivity contribution in [3.8, 4) is 11.1 Å². The minimum absolute atomic E-state index is 0.803. The lowest BCUT2D eigenvalue weighted by Crippen LogP contribution is -1.93. The molecule has 0 amide bonds. The Morgan fingerprint density at radius 2 is 1.74 bits per heavy atom. The van der Waals surface area contributed by atoms with Gasteiger partial charge in [-0.25, -0.2) is 0 Å². The van der Waals surface area contributed by atoms with Gasteiger partial charge in [-0.15, -0.1) is 0 Å². The van der Waals surface area contributed by atoms with Crippen molar-refractivity contribution in [1.82, 2.24) is 4.98 Å². The number of nitrogen functional groups attached to an aromatic ring is 1. The van der Waals surface area contributed by atoms with E-state index in [4.69, 9.17) is 5.73 Å². The Balaban J connectivity index is 2.35. The van der Waals surface area contributed by atoms with Gasteiger partial charge in [0.25, 0.3) is 0 Å². The lowest BCUT2D eigenvalue weighted by atomic mass is 9.97. The van der Waals surface area contributed by atoms with Gasteiger partial charge in [0.1, 0.15) is 0 Å². The monoisotopic (exact) mass is 248 g/mol. The quantitative estimate of drug-likeness (QED) is 0.658. The molecule has 1 heterocycles. The van der Waals surface area contributed by atoms with Crippen LogP contribution in [0.3, 0.4) is 0 Å². The molecule has 1 aromatic heterocycles. The summed E-state index contributed by atoms with van der Waals surface area (Å²) in [5.74, 6) is 0. The van der Waals surface area contributed by atoms with Gasteiger partial charge in [0, 0.05) is 28.4 Å². The first-order chi connectivity index (χ1) is 9.15. The molecule has 0 unspecified atom stereocenters. The van der Waals surface area contributed by atoms with Crippen molar-refractivity contribution >= 4 is 16.6 Å². The number of hydrogen-bond acceptors (Lipinski definition) is 2. The van der Waals surface area contributed by atoms with Crippen LogP contribution in [-0.4, -0.2) is 4.98 Å². The summed E-state index contributed by atoms with van der Waals surface area (Å²) in [6, 6.07) is 14.5. The van der Waals surface area contributed by atoms with Gasteiger partial charge < -0.3 is 5.73 Å². The fraction of sp³-hybridized carbons (Fsp3) is 0.118. The zero-order valence-corrected chi connectivity index (χ0v) is 11.1. The van der Waals surface area contributed by atoms with Gasteiger partial charge in [0.2, 0.25) is 0 Å². The number of nitrogens with zero attached hydrogens (tertiary/aromatic N) is 1. The van der Waals surface area contributed by atoms with Gasteiger partial charge in [0.15, 0.2) is 0 Å². The van der Waals surface area contributed by atoms with Crippen LogP contribution >= 0.6 is 0 Å². The van der Waals surface area contributed by atoms with Crippen molar-refractivity contribution in [3.05, 3.63) is 59.8 Å². The molecule has 0 saturated carbocycles. The first-order valence-electron chi connectivity index (χ1n) is 6.37. The maximum Gasteiger partial charge on any atom is 0.0781 e. The van der Waals surface area contributed by atoms with E-state index >= 15 is 0 Å². The molecule has 2 nitrogen and oxygen atoms in total. The number of hydrogen-bond donors (Lipinski definition) is 1. The van der Waals surface area contributed by atoms with Crippen molar-refractivity contribution in [1.29, 1.82) is 0 Å². The van der Waals surface area contributed by atoms with Gasteiger partial charge in [-0.3, -0.25) is 4.98 Å². The van der Waals surface area contributed by atoms with Crippen LogP contribution in [0.1, 0.15) is 11.1 Å². The first kappa shape index (κ1) is 11.7. The number of fused-ring (bicyclic) bond motifs is 1. The van der Waals surface area contributed by atoms with E-state index in [1.165, 1.54) is 11.1 Å². The molecule has 0 atom stereocenters. The van der Waals surface area contributed by atoms with Gasteiger partial charge in [-0.05, 0) is 49.2 Å². The second-order valence-electron chi connectivity index (χ2n) is 4.98. The van der Waals surface area contributed by atoms with Crippen LogP contribution in [0.5, 0.6) is 0 Å². The molecular formula is C17H16N2. The van der Waals surface area contributed by atoms with Crippen LogP contribution < -0.4 is 5.73 Å². The topological polar surface area (TPSA) is 38.9 Å². The molecule has 0 bridgehead atoms. The highest BCUT2D eigenvalue weighted by Crippen LogP contribution is 2.32. The molecule has 2 aromatic carbocycles. The van der Waals surface area contributed by atoms with E-state index in [2.05, 4.69) is 42.2 Å². The van der Waals surface area contributed by atoms with E-state index in [1.54, 1.807) is 0 Å². The van der Waals surface area contributed by atoms with Crippen LogP contribution in [0.15, 0.2) is 48.7 Å². The Bertz CT molecular complexity index is 760. The summed E-state index contributed by atoms with van der Waals surface area (Å²) in [6.45, 7) is 4.15. The summed E-state index contributed by atoms with van der Waals surface area (Å²) >= 11 is 0. The maximum atomic E-state index is 6.17. The Kier molecular flexibility index (Phi) is 2.71. The van der Waals surface area contributed by atoms with Crippen molar-refractivity contribution in [2.24, 2.45) is 0 Å². The SMILES string of the molecule is Cc1ccc(-c2cc(C)cc3cccnc23)c(N)c1. The third-order valence-corrected chi connectivity index (χ3v) is 3.35. The highest BCUT2D eigenvalue weighted by molar-refractivity contribution is 5.97. The van der Waals surface area contributed by atoms with Crippen LogP contribution in [0, 0.1) is 13.8 Å². The molecule has 0 saturated heterocycles. The Labute approximate surface area is 112 Å². The fourth-order valence-corrected chi connectivity index (χ4v) is 2.47. The van der Waals surface area contributed by atoms with E-state index in [1.807, 2.05) is 25.3 Å². The third-order valence-electron chi connectivity index (χ3n) is 3.35. The van der Waals surface area contributed by atoms with Crippen molar-refractivity contribution in [3.63, 3.8) is 0 Å². The minimum atomic E-state index is 0.803. The summed E-state index contributed by atoms with van der Waals surface area (Å²) in [4.78, 5) is 4.51. The highest BCUT2D eigenvalue weighted by atomic mass is 14.7. The Morgan fingerprint density at radius 1 is 0.895 bits per heavy atom. The zero-order chi connectivity index (χ0) is 13.4. The van der Waals surface area contributed by atoms with Gasteiger partial charge in [0.05, 0.1) is 5.52 Å². The van der Waals surface area contributed by atoms with Crippen molar-refractivity contribution < 1.29 is 0 Å². The molecule has 0 aliphatic heterocycles. The first-order valence-corrected chi connectivity index (χ1v) is 6.37. The largest absolute Gasteiger partial charge is 0.398 e. The van der Waals surface area contributed by atoms with Crippen molar-refractivity contribution in [2.45, 2.75) is 13.8 Å². The summed E-state index contributed by atoms with van der Waals surface area (Å²) < 4.78 is 0. The molecule has 2 N–H and O–H groups in total. The average molecular weight is 248 g/mol. The molecule has 0 aliphatic rings. The van der Waals surface area contributed by atoms with Crippen LogP contribution in [0.25, 0.3) is 22.0 Å². The second kappa shape index (κ2) is 4.39. The second-order valence-corrected chi connectivity index (χ2v) is 4.98. The molecule has 0 spiro atoms. The maximum absolute atomic E-state index is 6.17. The third kappa shape index (κ3) is 2.06. The molecular weight excluding hydrogens is 232 g/mol. The smallest absolute Gasteiger partial charge is 0.0781 e. The van der Waals surface area contributed by atoms with E-state index in [9.17, 15) is 0 Å². The van der Waals surface area contributed by atoms with E-state index in [0.717, 1.165) is 27.7 Å². The van der Waals surface area contributed by atoms with Crippen molar-refractivity contribution in [2.75, 3.05) is 5.73 Å². The van der Waals surface area contributed by atoms with E-state index in [0.29, 0.717) is 0 Å². The molecule has 3 aromatic rings. The Morgan fingerprint density at radius 3 is 2.53 bits per heavy atom. The summed E-state index contributed by atoms with van der Waals surface area (Å²) in [7, 11) is 0. The number of pyridine rings is 1. The van der Waals surface area contributed by atoms with E-state index in [-0.39, 0.29) is 0 Å². The van der Waals surface area contributed by atoms with E-state index < -0.39 is 0 Å². The lowest BCUT2D eigenvalue weighted by Gasteiger charge is -2.11. The molecule has 0 aliphatic carbocycles. The predicted molar refractivity (Wildman–Crippen MR) is 81.1 cm³/mol. The number of anilines is 1. The molecule has 94 valence electrons. The molecule has 0 radical (unpaired) electrons. The highest BCUT2D eigenvalue weighted by Gasteiger charge is 2.09. The van der Waals surface area contributed by atoms with Crippen LogP contribution in [-0.2, 0) is 0 Å². The normalized spacial score (nSPS) is 10.8. The standard InChI is InChI=1S/C17H16N2/c1-11-5-6-14(16(18)10-11)15-9-12(2)8-13-4-3-7-19-17(13)15/h3-10H,18H2,1-2H3. The summed E-state index contributed by atoms with van der Waals surface area (Å²) in [5, 5.41) is 1.15. The van der Waals surface area contributed by atoms with Gasteiger partial charge >= 0.3 is 0 Å².